The van der Waals surface area contributed by atoms with Gasteiger partial charge in [0, 0.05) is 26.1 Å². The van der Waals surface area contributed by atoms with E-state index in [0.29, 0.717) is 25.1 Å². The largest absolute Gasteiger partial charge is 0.449 e. The molecule has 0 saturated heterocycles. The van der Waals surface area contributed by atoms with Gasteiger partial charge in [-0.2, -0.15) is 13.2 Å². The van der Waals surface area contributed by atoms with E-state index in [9.17, 15) is 18.0 Å². The fourth-order valence-corrected chi connectivity index (χ4v) is 4.30. The number of fused-ring (bicyclic) bond motifs is 1. The van der Waals surface area contributed by atoms with Crippen molar-refractivity contribution in [3.8, 4) is 0 Å². The zero-order chi connectivity index (χ0) is 19.1. The topological polar surface area (TPSA) is 49.0 Å². The molecule has 0 spiro atoms. The number of rotatable bonds is 3. The minimum absolute atomic E-state index is 0.205. The first kappa shape index (κ1) is 19.1. The number of alkyl halides is 3. The van der Waals surface area contributed by atoms with Gasteiger partial charge >= 0.3 is 6.18 Å². The lowest BCUT2D eigenvalue weighted by molar-refractivity contribution is -0.145. The summed E-state index contributed by atoms with van der Waals surface area (Å²) in [7, 11) is 0. The predicted molar refractivity (Wildman–Crippen MR) is 93.8 cm³/mol. The second-order valence-corrected chi connectivity index (χ2v) is 8.11. The fraction of sp³-hybridized carbons (Fsp3) is 0.684. The third-order valence-corrected chi connectivity index (χ3v) is 5.78. The van der Waals surface area contributed by atoms with Gasteiger partial charge in [0.15, 0.2) is 0 Å². The minimum atomic E-state index is -4.62. The molecule has 1 aromatic rings. The molecule has 1 aromatic heterocycles. The van der Waals surface area contributed by atoms with Crippen LogP contribution in [0.3, 0.4) is 0 Å². The average Bonchev–Trinajstić information content (AvgIpc) is 2.53. The molecule has 0 bridgehead atoms. The van der Waals surface area contributed by atoms with Crippen molar-refractivity contribution in [1.82, 2.24) is 14.9 Å². The molecule has 0 fully saturated rings. The van der Waals surface area contributed by atoms with Gasteiger partial charge in [-0.25, -0.2) is 4.98 Å². The molecular formula is C19H26F3N3O. The SMILES string of the molecule is CC1=C(CCN2CCc3nc(C(F)(F)F)[nH]c(=O)c3C2)C(C)(C)CCC1. The highest BCUT2D eigenvalue weighted by Crippen LogP contribution is 2.41. The van der Waals surface area contributed by atoms with Gasteiger partial charge in [0.2, 0.25) is 5.82 Å². The van der Waals surface area contributed by atoms with Gasteiger partial charge in [-0.3, -0.25) is 9.69 Å². The predicted octanol–water partition coefficient (Wildman–Crippen LogP) is 4.06. The second kappa shape index (κ2) is 6.83. The van der Waals surface area contributed by atoms with E-state index in [0.717, 1.165) is 19.4 Å². The number of hydrogen-bond donors (Lipinski definition) is 1. The molecule has 26 heavy (non-hydrogen) atoms. The van der Waals surface area contributed by atoms with E-state index in [1.54, 1.807) is 0 Å². The maximum atomic E-state index is 12.8. The Morgan fingerprint density at radius 2 is 2.00 bits per heavy atom. The number of H-pyrrole nitrogens is 1. The van der Waals surface area contributed by atoms with Crippen molar-refractivity contribution in [2.45, 2.75) is 65.6 Å². The summed E-state index contributed by atoms with van der Waals surface area (Å²) in [5, 5.41) is 0. The van der Waals surface area contributed by atoms with Crippen molar-refractivity contribution >= 4 is 0 Å². The molecule has 0 saturated carbocycles. The molecule has 0 atom stereocenters. The number of aromatic nitrogens is 2. The summed E-state index contributed by atoms with van der Waals surface area (Å²) >= 11 is 0. The summed E-state index contributed by atoms with van der Waals surface area (Å²) in [6.45, 7) is 8.58. The Kier molecular flexibility index (Phi) is 5.03. The number of nitrogens with zero attached hydrogens (tertiary/aromatic N) is 2. The monoisotopic (exact) mass is 369 g/mol. The summed E-state index contributed by atoms with van der Waals surface area (Å²) in [6, 6.07) is 0. The molecule has 1 aliphatic heterocycles. The van der Waals surface area contributed by atoms with Gasteiger partial charge in [0.25, 0.3) is 5.56 Å². The Morgan fingerprint density at radius 1 is 1.27 bits per heavy atom. The summed E-state index contributed by atoms with van der Waals surface area (Å²) in [5.41, 5.74) is 3.16. The molecule has 7 heteroatoms. The number of hydrogen-bond acceptors (Lipinski definition) is 3. The molecule has 4 nitrogen and oxygen atoms in total. The van der Waals surface area contributed by atoms with Crippen molar-refractivity contribution in [2.24, 2.45) is 5.41 Å². The minimum Gasteiger partial charge on any atom is -0.303 e. The van der Waals surface area contributed by atoms with E-state index in [1.807, 2.05) is 4.98 Å². The van der Waals surface area contributed by atoms with Crippen molar-refractivity contribution < 1.29 is 13.2 Å². The Bertz CT molecular complexity index is 777. The van der Waals surface area contributed by atoms with Crippen molar-refractivity contribution in [3.05, 3.63) is 38.6 Å². The molecular weight excluding hydrogens is 343 g/mol. The quantitative estimate of drug-likeness (QED) is 0.818. The van der Waals surface area contributed by atoms with Crippen LogP contribution in [-0.2, 0) is 19.1 Å². The van der Waals surface area contributed by atoms with E-state index in [1.165, 1.54) is 24.0 Å². The van der Waals surface area contributed by atoms with Crippen LogP contribution in [-0.4, -0.2) is 28.0 Å². The number of halogens is 3. The van der Waals surface area contributed by atoms with Crippen molar-refractivity contribution in [3.63, 3.8) is 0 Å². The molecule has 0 aromatic carbocycles. The van der Waals surface area contributed by atoms with Gasteiger partial charge in [-0.05, 0) is 38.0 Å². The smallest absolute Gasteiger partial charge is 0.303 e. The Hall–Kier alpha value is -1.63. The maximum absolute atomic E-state index is 12.8. The van der Waals surface area contributed by atoms with Crippen LogP contribution in [0.5, 0.6) is 0 Å². The summed E-state index contributed by atoms with van der Waals surface area (Å²) in [6.07, 6.45) is 0.255. The van der Waals surface area contributed by atoms with Crippen molar-refractivity contribution in [2.75, 3.05) is 13.1 Å². The molecule has 0 amide bonds. The highest BCUT2D eigenvalue weighted by atomic mass is 19.4. The van der Waals surface area contributed by atoms with Crippen LogP contribution in [0.1, 0.15) is 63.5 Å². The second-order valence-electron chi connectivity index (χ2n) is 8.11. The molecule has 144 valence electrons. The third-order valence-electron chi connectivity index (χ3n) is 5.78. The molecule has 1 aliphatic carbocycles. The third kappa shape index (κ3) is 3.87. The summed E-state index contributed by atoms with van der Waals surface area (Å²) in [4.78, 5) is 19.8. The Balaban J connectivity index is 1.73. The van der Waals surface area contributed by atoms with Gasteiger partial charge in [-0.15, -0.1) is 0 Å². The first-order valence-corrected chi connectivity index (χ1v) is 9.18. The maximum Gasteiger partial charge on any atom is 0.449 e. The zero-order valence-corrected chi connectivity index (χ0v) is 15.6. The van der Waals surface area contributed by atoms with E-state index < -0.39 is 17.6 Å². The van der Waals surface area contributed by atoms with Crippen LogP contribution in [0, 0.1) is 5.41 Å². The first-order valence-electron chi connectivity index (χ1n) is 9.18. The normalized spacial score (nSPS) is 21.0. The first-order chi connectivity index (χ1) is 12.1. The number of allylic oxidation sites excluding steroid dienone is 1. The van der Waals surface area contributed by atoms with Gasteiger partial charge in [0.1, 0.15) is 0 Å². The van der Waals surface area contributed by atoms with Crippen LogP contribution < -0.4 is 5.56 Å². The summed E-state index contributed by atoms with van der Waals surface area (Å²) in [5.74, 6) is -1.19. The van der Waals surface area contributed by atoms with Gasteiger partial charge in [-0.1, -0.05) is 25.0 Å². The lowest BCUT2D eigenvalue weighted by Gasteiger charge is -2.36. The fourth-order valence-electron chi connectivity index (χ4n) is 4.30. The number of aromatic amines is 1. The lowest BCUT2D eigenvalue weighted by atomic mass is 9.71. The van der Waals surface area contributed by atoms with Crippen LogP contribution in [0.2, 0.25) is 0 Å². The van der Waals surface area contributed by atoms with E-state index >= 15 is 0 Å². The standard InChI is InChI=1S/C19H26F3N3O/c1-12-5-4-8-18(2,3)14(12)6-9-25-10-7-15-13(11-25)16(26)24-17(23-15)19(20,21)22/h4-11H2,1-3H3,(H,23,24,26). The average molecular weight is 369 g/mol. The van der Waals surface area contributed by atoms with Gasteiger partial charge in [0.05, 0.1) is 11.3 Å². The van der Waals surface area contributed by atoms with Crippen molar-refractivity contribution in [1.29, 1.82) is 0 Å². The van der Waals surface area contributed by atoms with E-state index in [4.69, 9.17) is 0 Å². The van der Waals surface area contributed by atoms with Crippen LogP contribution in [0.15, 0.2) is 15.9 Å². The Morgan fingerprint density at radius 3 is 2.65 bits per heavy atom. The Labute approximate surface area is 151 Å². The molecule has 1 N–H and O–H groups in total. The molecule has 0 radical (unpaired) electrons. The van der Waals surface area contributed by atoms with E-state index in [-0.39, 0.29) is 11.1 Å². The molecule has 2 aliphatic rings. The zero-order valence-electron chi connectivity index (χ0n) is 15.6. The lowest BCUT2D eigenvalue weighted by Crippen LogP contribution is -2.38. The van der Waals surface area contributed by atoms with Crippen LogP contribution in [0.25, 0.3) is 0 Å². The molecule has 2 heterocycles. The van der Waals surface area contributed by atoms with Crippen LogP contribution in [0.4, 0.5) is 13.2 Å². The molecule has 3 rings (SSSR count). The number of nitrogens with one attached hydrogen (secondary N) is 1. The summed E-state index contributed by atoms with van der Waals surface area (Å²) < 4.78 is 38.4. The van der Waals surface area contributed by atoms with E-state index in [2.05, 4.69) is 30.7 Å². The highest BCUT2D eigenvalue weighted by Gasteiger charge is 2.36. The van der Waals surface area contributed by atoms with Gasteiger partial charge < -0.3 is 4.98 Å². The van der Waals surface area contributed by atoms with Crippen LogP contribution >= 0.6 is 0 Å². The highest BCUT2D eigenvalue weighted by molar-refractivity contribution is 5.24. The molecule has 0 unspecified atom stereocenters.